The molecule has 0 aliphatic carbocycles. The maximum absolute atomic E-state index is 4.46. The normalized spacial score (nSPS) is 12.3. The van der Waals surface area contributed by atoms with E-state index in [-0.39, 0.29) is 0 Å². The van der Waals surface area contributed by atoms with Gasteiger partial charge in [-0.3, -0.25) is 4.98 Å². The predicted molar refractivity (Wildman–Crippen MR) is 92.9 cm³/mol. The maximum atomic E-state index is 4.46. The van der Waals surface area contributed by atoms with E-state index in [1.165, 1.54) is 14.7 Å². The first kappa shape index (κ1) is 15.4. The third-order valence-electron chi connectivity index (χ3n) is 3.38. The number of halogens is 1. The first-order chi connectivity index (χ1) is 9.72. The lowest BCUT2D eigenvalue weighted by Crippen LogP contribution is -2.25. The van der Waals surface area contributed by atoms with Crippen molar-refractivity contribution in [3.63, 3.8) is 0 Å². The molecule has 1 heterocycles. The zero-order valence-electron chi connectivity index (χ0n) is 12.1. The molecule has 2 rings (SSSR count). The molecule has 2 nitrogen and oxygen atoms in total. The molecule has 0 saturated carbocycles. The number of nitrogens with one attached hydrogen (secondary N) is 1. The standard InChI is InChI=1S/C17H21IN2/c1-3-10-20-16(12-14-8-4-5-11-19-14)15-9-6-7-13(2)17(15)18/h4-9,11,16,20H,3,10,12H2,1-2H3. The Labute approximate surface area is 135 Å². The largest absolute Gasteiger partial charge is 0.310 e. The summed E-state index contributed by atoms with van der Waals surface area (Å²) in [6, 6.07) is 13.0. The van der Waals surface area contributed by atoms with E-state index in [1.807, 2.05) is 12.3 Å². The van der Waals surface area contributed by atoms with E-state index in [0.29, 0.717) is 6.04 Å². The first-order valence-corrected chi connectivity index (χ1v) is 8.18. The van der Waals surface area contributed by atoms with Crippen molar-refractivity contribution in [1.82, 2.24) is 10.3 Å². The van der Waals surface area contributed by atoms with E-state index in [1.54, 1.807) is 0 Å². The van der Waals surface area contributed by atoms with Gasteiger partial charge in [0.15, 0.2) is 0 Å². The van der Waals surface area contributed by atoms with Crippen molar-refractivity contribution in [2.24, 2.45) is 0 Å². The number of aryl methyl sites for hydroxylation is 1. The molecule has 20 heavy (non-hydrogen) atoms. The Kier molecular flexibility index (Phi) is 5.98. The van der Waals surface area contributed by atoms with Gasteiger partial charge in [0.05, 0.1) is 0 Å². The van der Waals surface area contributed by atoms with Crippen molar-refractivity contribution in [2.45, 2.75) is 32.7 Å². The Morgan fingerprint density at radius 2 is 2.05 bits per heavy atom. The number of hydrogen-bond acceptors (Lipinski definition) is 2. The van der Waals surface area contributed by atoms with Gasteiger partial charge in [0.1, 0.15) is 0 Å². The van der Waals surface area contributed by atoms with Crippen LogP contribution in [0.5, 0.6) is 0 Å². The Hall–Kier alpha value is -0.940. The first-order valence-electron chi connectivity index (χ1n) is 7.10. The Morgan fingerprint density at radius 1 is 1.20 bits per heavy atom. The fourth-order valence-electron chi connectivity index (χ4n) is 2.28. The highest BCUT2D eigenvalue weighted by Gasteiger charge is 2.15. The van der Waals surface area contributed by atoms with Crippen LogP contribution in [0.4, 0.5) is 0 Å². The number of pyridine rings is 1. The molecule has 1 unspecified atom stereocenters. The van der Waals surface area contributed by atoms with Crippen LogP contribution < -0.4 is 5.32 Å². The van der Waals surface area contributed by atoms with Gasteiger partial charge in [-0.05, 0) is 65.7 Å². The highest BCUT2D eigenvalue weighted by molar-refractivity contribution is 14.1. The van der Waals surface area contributed by atoms with Crippen LogP contribution in [0.1, 0.15) is 36.2 Å². The average molecular weight is 380 g/mol. The molecule has 2 aromatic rings. The summed E-state index contributed by atoms with van der Waals surface area (Å²) >= 11 is 2.45. The number of benzene rings is 1. The zero-order valence-corrected chi connectivity index (χ0v) is 14.2. The van der Waals surface area contributed by atoms with Crippen LogP contribution in [0.25, 0.3) is 0 Å². The fraction of sp³-hybridized carbons (Fsp3) is 0.353. The number of rotatable bonds is 6. The van der Waals surface area contributed by atoms with Crippen LogP contribution >= 0.6 is 22.6 Å². The summed E-state index contributed by atoms with van der Waals surface area (Å²) in [5.41, 5.74) is 3.86. The molecule has 1 N–H and O–H groups in total. The van der Waals surface area contributed by atoms with Crippen LogP contribution in [0.15, 0.2) is 42.6 Å². The van der Waals surface area contributed by atoms with Gasteiger partial charge in [0.25, 0.3) is 0 Å². The molecule has 0 amide bonds. The second-order valence-corrected chi connectivity index (χ2v) is 6.09. The molecule has 1 aromatic heterocycles. The Balaban J connectivity index is 2.25. The minimum atomic E-state index is 0.330. The third-order valence-corrected chi connectivity index (χ3v) is 4.85. The molecule has 0 aliphatic heterocycles. The Morgan fingerprint density at radius 3 is 2.75 bits per heavy atom. The minimum absolute atomic E-state index is 0.330. The second kappa shape index (κ2) is 7.74. The van der Waals surface area contributed by atoms with Crippen molar-refractivity contribution in [1.29, 1.82) is 0 Å². The third kappa shape index (κ3) is 4.03. The lowest BCUT2D eigenvalue weighted by molar-refractivity contribution is 0.522. The predicted octanol–water partition coefficient (Wildman–Crippen LogP) is 4.28. The van der Waals surface area contributed by atoms with Crippen LogP contribution in [0.3, 0.4) is 0 Å². The molecule has 0 bridgehead atoms. The summed E-state index contributed by atoms with van der Waals surface area (Å²) in [4.78, 5) is 4.46. The number of hydrogen-bond donors (Lipinski definition) is 1. The van der Waals surface area contributed by atoms with E-state index >= 15 is 0 Å². The molecule has 106 valence electrons. The van der Waals surface area contributed by atoms with Gasteiger partial charge >= 0.3 is 0 Å². The molecule has 1 aromatic carbocycles. The van der Waals surface area contributed by atoms with Gasteiger partial charge < -0.3 is 5.32 Å². The molecular weight excluding hydrogens is 359 g/mol. The van der Waals surface area contributed by atoms with Gasteiger partial charge in [-0.2, -0.15) is 0 Å². The molecule has 3 heteroatoms. The SMILES string of the molecule is CCCNC(Cc1ccccn1)c1cccc(C)c1I. The molecule has 1 atom stereocenters. The van der Waals surface area contributed by atoms with Crippen LogP contribution in [0.2, 0.25) is 0 Å². The van der Waals surface area contributed by atoms with E-state index in [4.69, 9.17) is 0 Å². The van der Waals surface area contributed by atoms with Crippen molar-refractivity contribution < 1.29 is 0 Å². The van der Waals surface area contributed by atoms with Crippen molar-refractivity contribution in [3.05, 3.63) is 63.0 Å². The molecule has 0 aliphatic rings. The molecule has 0 spiro atoms. The monoisotopic (exact) mass is 380 g/mol. The highest BCUT2D eigenvalue weighted by Crippen LogP contribution is 2.25. The summed E-state index contributed by atoms with van der Waals surface area (Å²) in [7, 11) is 0. The van der Waals surface area contributed by atoms with E-state index in [9.17, 15) is 0 Å². The van der Waals surface area contributed by atoms with Gasteiger partial charge in [-0.25, -0.2) is 0 Å². The summed E-state index contributed by atoms with van der Waals surface area (Å²) in [6.45, 7) is 5.40. The maximum Gasteiger partial charge on any atom is 0.0422 e. The average Bonchev–Trinajstić information content (AvgIpc) is 2.48. The van der Waals surface area contributed by atoms with Gasteiger partial charge in [-0.1, -0.05) is 31.2 Å². The Bertz CT molecular complexity index is 540. The second-order valence-electron chi connectivity index (χ2n) is 5.01. The lowest BCUT2D eigenvalue weighted by atomic mass is 9.99. The molecule has 0 saturated heterocycles. The zero-order chi connectivity index (χ0) is 14.4. The quantitative estimate of drug-likeness (QED) is 0.757. The van der Waals surface area contributed by atoms with Crippen LogP contribution in [-0.2, 0) is 6.42 Å². The highest BCUT2D eigenvalue weighted by atomic mass is 127. The smallest absolute Gasteiger partial charge is 0.0422 e. The summed E-state index contributed by atoms with van der Waals surface area (Å²) in [6.07, 6.45) is 3.94. The topological polar surface area (TPSA) is 24.9 Å². The van der Waals surface area contributed by atoms with Gasteiger partial charge in [0.2, 0.25) is 0 Å². The van der Waals surface area contributed by atoms with Crippen molar-refractivity contribution in [3.8, 4) is 0 Å². The summed E-state index contributed by atoms with van der Waals surface area (Å²) in [5, 5.41) is 3.66. The van der Waals surface area contributed by atoms with Gasteiger partial charge in [-0.15, -0.1) is 0 Å². The fourth-order valence-corrected chi connectivity index (χ4v) is 3.01. The summed E-state index contributed by atoms with van der Waals surface area (Å²) < 4.78 is 1.36. The molecular formula is C17H21IN2. The van der Waals surface area contributed by atoms with Crippen molar-refractivity contribution in [2.75, 3.05) is 6.54 Å². The van der Waals surface area contributed by atoms with Gasteiger partial charge in [0, 0.05) is 27.9 Å². The number of nitrogens with zero attached hydrogens (tertiary/aromatic N) is 1. The lowest BCUT2D eigenvalue weighted by Gasteiger charge is -2.21. The number of aromatic nitrogens is 1. The molecule has 0 fully saturated rings. The van der Waals surface area contributed by atoms with Crippen molar-refractivity contribution >= 4 is 22.6 Å². The van der Waals surface area contributed by atoms with E-state index in [0.717, 1.165) is 25.1 Å². The van der Waals surface area contributed by atoms with E-state index in [2.05, 4.69) is 77.1 Å². The summed E-state index contributed by atoms with van der Waals surface area (Å²) in [5.74, 6) is 0. The van der Waals surface area contributed by atoms with E-state index < -0.39 is 0 Å². The minimum Gasteiger partial charge on any atom is -0.310 e. The van der Waals surface area contributed by atoms with Crippen LogP contribution in [-0.4, -0.2) is 11.5 Å². The molecule has 0 radical (unpaired) electrons. The van der Waals surface area contributed by atoms with Crippen LogP contribution in [0, 0.1) is 10.5 Å².